The Bertz CT molecular complexity index is 670. The smallest absolute Gasteiger partial charge is 0.231 e. The predicted molar refractivity (Wildman–Crippen MR) is 107 cm³/mol. The Morgan fingerprint density at radius 1 is 1.04 bits per heavy atom. The second kappa shape index (κ2) is 10.7. The van der Waals surface area contributed by atoms with E-state index in [9.17, 15) is 0 Å². The average molecular weight is 357 g/mol. The number of nitrogens with zero attached hydrogens (tertiary/aromatic N) is 2. The molecule has 0 saturated carbocycles. The van der Waals surface area contributed by atoms with E-state index in [0.717, 1.165) is 17.1 Å². The van der Waals surface area contributed by atoms with E-state index in [4.69, 9.17) is 15.2 Å². The highest BCUT2D eigenvalue weighted by atomic mass is 16.7. The molecule has 1 aromatic heterocycles. The molecule has 0 spiro atoms. The quantitative estimate of drug-likeness (QED) is 0.869. The number of anilines is 1. The van der Waals surface area contributed by atoms with E-state index >= 15 is 0 Å². The topological polar surface area (TPSA) is 60.6 Å². The van der Waals surface area contributed by atoms with Crippen LogP contribution in [0.1, 0.15) is 44.2 Å². The number of piperidine rings is 1. The molecular weight excluding hydrogens is 326 g/mol. The molecule has 0 radical (unpaired) electrons. The van der Waals surface area contributed by atoms with Crippen molar-refractivity contribution < 1.29 is 9.47 Å². The number of nitrogens with two attached hydrogens (primary N) is 1. The van der Waals surface area contributed by atoms with Crippen LogP contribution in [0.3, 0.4) is 0 Å². The van der Waals surface area contributed by atoms with E-state index < -0.39 is 0 Å². The summed E-state index contributed by atoms with van der Waals surface area (Å²) in [5.74, 6) is 2.78. The standard InChI is InChI=1S/C11H16N2.C8H9NO2.C2H6/c1-10-6-5-7-12-11(10)13-8-3-2-4-9-13;9-4-6-2-1-3-7-8(6)11-5-10-7;1-2/h5-7H,2-4,8-9H2,1H3;1-3H,4-5,9H2;1-2H3. The van der Waals surface area contributed by atoms with Gasteiger partial charge < -0.3 is 20.1 Å². The summed E-state index contributed by atoms with van der Waals surface area (Å²) >= 11 is 0. The van der Waals surface area contributed by atoms with Crippen LogP contribution < -0.4 is 20.1 Å². The fraction of sp³-hybridized carbons (Fsp3) is 0.476. The molecule has 3 heterocycles. The molecule has 0 aliphatic carbocycles. The van der Waals surface area contributed by atoms with Gasteiger partial charge in [0.25, 0.3) is 0 Å². The van der Waals surface area contributed by atoms with Crippen molar-refractivity contribution in [1.82, 2.24) is 4.98 Å². The zero-order valence-corrected chi connectivity index (χ0v) is 16.2. The minimum Gasteiger partial charge on any atom is -0.454 e. The van der Waals surface area contributed by atoms with Gasteiger partial charge in [-0.15, -0.1) is 0 Å². The summed E-state index contributed by atoms with van der Waals surface area (Å²) in [5, 5.41) is 0. The van der Waals surface area contributed by atoms with Gasteiger partial charge >= 0.3 is 0 Å². The normalized spacial score (nSPS) is 14.7. The lowest BCUT2D eigenvalue weighted by Crippen LogP contribution is -2.30. The molecule has 1 fully saturated rings. The first-order chi connectivity index (χ1) is 12.8. The van der Waals surface area contributed by atoms with Crippen molar-refractivity contribution in [2.24, 2.45) is 5.73 Å². The molecule has 0 amide bonds. The van der Waals surface area contributed by atoms with Crippen LogP contribution in [0.4, 0.5) is 5.82 Å². The van der Waals surface area contributed by atoms with Gasteiger partial charge in [0.15, 0.2) is 11.5 Å². The van der Waals surface area contributed by atoms with Gasteiger partial charge in [-0.25, -0.2) is 4.98 Å². The molecule has 2 aliphatic heterocycles. The van der Waals surface area contributed by atoms with Gasteiger partial charge in [-0.3, -0.25) is 0 Å². The number of aryl methyl sites for hydroxylation is 1. The van der Waals surface area contributed by atoms with Gasteiger partial charge in [-0.1, -0.05) is 32.0 Å². The van der Waals surface area contributed by atoms with Crippen molar-refractivity contribution in [2.45, 2.75) is 46.6 Å². The first kappa shape index (κ1) is 20.0. The van der Waals surface area contributed by atoms with Crippen LogP contribution in [-0.4, -0.2) is 24.9 Å². The lowest BCUT2D eigenvalue weighted by molar-refractivity contribution is 0.173. The highest BCUT2D eigenvalue weighted by molar-refractivity contribution is 5.48. The van der Waals surface area contributed by atoms with Gasteiger partial charge in [0, 0.05) is 31.4 Å². The molecule has 4 rings (SSSR count). The van der Waals surface area contributed by atoms with E-state index in [1.807, 2.05) is 44.3 Å². The number of hydrogen-bond donors (Lipinski definition) is 1. The maximum Gasteiger partial charge on any atom is 0.231 e. The Labute approximate surface area is 157 Å². The Hall–Kier alpha value is -2.27. The number of fused-ring (bicyclic) bond motifs is 1. The molecule has 0 atom stereocenters. The van der Waals surface area contributed by atoms with Crippen LogP contribution >= 0.6 is 0 Å². The maximum absolute atomic E-state index is 5.49. The summed E-state index contributed by atoms with van der Waals surface area (Å²) in [4.78, 5) is 6.83. The van der Waals surface area contributed by atoms with Gasteiger partial charge in [0.05, 0.1) is 0 Å². The fourth-order valence-electron chi connectivity index (χ4n) is 3.07. The Balaban J connectivity index is 0.000000173. The number of ether oxygens (including phenoxy) is 2. The lowest BCUT2D eigenvalue weighted by Gasteiger charge is -2.28. The first-order valence-corrected chi connectivity index (χ1v) is 9.53. The molecule has 2 N–H and O–H groups in total. The van der Waals surface area contributed by atoms with Crippen LogP contribution in [0.2, 0.25) is 0 Å². The average Bonchev–Trinajstić information content (AvgIpc) is 3.20. The Morgan fingerprint density at radius 3 is 2.50 bits per heavy atom. The summed E-state index contributed by atoms with van der Waals surface area (Å²) in [5.41, 5.74) is 7.78. The molecule has 2 aromatic rings. The molecule has 142 valence electrons. The van der Waals surface area contributed by atoms with Gasteiger partial charge in [0.1, 0.15) is 5.82 Å². The van der Waals surface area contributed by atoms with Crippen LogP contribution in [0.15, 0.2) is 36.5 Å². The third-order valence-corrected chi connectivity index (χ3v) is 4.34. The van der Waals surface area contributed by atoms with Crippen molar-refractivity contribution in [3.63, 3.8) is 0 Å². The zero-order chi connectivity index (χ0) is 18.8. The molecule has 5 nitrogen and oxygen atoms in total. The molecule has 26 heavy (non-hydrogen) atoms. The number of hydrogen-bond acceptors (Lipinski definition) is 5. The Morgan fingerprint density at radius 2 is 1.81 bits per heavy atom. The largest absolute Gasteiger partial charge is 0.454 e. The second-order valence-corrected chi connectivity index (χ2v) is 6.05. The monoisotopic (exact) mass is 357 g/mol. The number of aromatic nitrogens is 1. The van der Waals surface area contributed by atoms with E-state index in [2.05, 4.69) is 22.9 Å². The SMILES string of the molecule is CC.Cc1cccnc1N1CCCCC1.NCc1cccc2c1OCO2. The number of benzene rings is 1. The fourth-order valence-corrected chi connectivity index (χ4v) is 3.07. The summed E-state index contributed by atoms with van der Waals surface area (Å²) in [7, 11) is 0. The lowest BCUT2D eigenvalue weighted by atomic mass is 10.1. The number of para-hydroxylation sites is 1. The number of pyridine rings is 1. The minimum atomic E-state index is 0.312. The highest BCUT2D eigenvalue weighted by Gasteiger charge is 2.15. The van der Waals surface area contributed by atoms with E-state index in [1.54, 1.807) is 0 Å². The van der Waals surface area contributed by atoms with E-state index in [0.29, 0.717) is 13.3 Å². The number of rotatable bonds is 2. The summed E-state index contributed by atoms with van der Waals surface area (Å²) in [6.07, 6.45) is 5.89. The van der Waals surface area contributed by atoms with Crippen molar-refractivity contribution in [3.8, 4) is 11.5 Å². The molecule has 5 heteroatoms. The molecule has 1 saturated heterocycles. The molecule has 0 bridgehead atoms. The van der Waals surface area contributed by atoms with Gasteiger partial charge in [0.2, 0.25) is 6.79 Å². The zero-order valence-electron chi connectivity index (χ0n) is 16.2. The van der Waals surface area contributed by atoms with E-state index in [-0.39, 0.29) is 0 Å². The van der Waals surface area contributed by atoms with Crippen LogP contribution in [0.5, 0.6) is 11.5 Å². The van der Waals surface area contributed by atoms with Crippen molar-refractivity contribution in [2.75, 3.05) is 24.8 Å². The van der Waals surface area contributed by atoms with Gasteiger partial charge in [-0.2, -0.15) is 0 Å². The Kier molecular flexibility index (Phi) is 8.22. The first-order valence-electron chi connectivity index (χ1n) is 9.53. The van der Waals surface area contributed by atoms with Crippen LogP contribution in [0, 0.1) is 6.92 Å². The summed E-state index contributed by atoms with van der Waals surface area (Å²) < 4.78 is 10.4. The summed E-state index contributed by atoms with van der Waals surface area (Å²) in [6.45, 7) is 9.30. The van der Waals surface area contributed by atoms with Crippen LogP contribution in [-0.2, 0) is 6.54 Å². The maximum atomic E-state index is 5.49. The minimum absolute atomic E-state index is 0.312. The van der Waals surface area contributed by atoms with Crippen molar-refractivity contribution in [1.29, 1.82) is 0 Å². The second-order valence-electron chi connectivity index (χ2n) is 6.05. The molecule has 0 unspecified atom stereocenters. The third-order valence-electron chi connectivity index (χ3n) is 4.34. The summed E-state index contributed by atoms with van der Waals surface area (Å²) in [6, 6.07) is 9.87. The molecule has 2 aliphatic rings. The molecular formula is C21H31N3O2. The molecule has 1 aromatic carbocycles. The predicted octanol–water partition coefficient (Wildman–Crippen LogP) is 4.28. The van der Waals surface area contributed by atoms with Gasteiger partial charge in [-0.05, 0) is 43.9 Å². The van der Waals surface area contributed by atoms with E-state index in [1.165, 1.54) is 43.7 Å². The third kappa shape index (κ3) is 5.11. The van der Waals surface area contributed by atoms with Crippen LogP contribution in [0.25, 0.3) is 0 Å². The highest BCUT2D eigenvalue weighted by Crippen LogP contribution is 2.34. The van der Waals surface area contributed by atoms with Crippen molar-refractivity contribution in [3.05, 3.63) is 47.7 Å². The van der Waals surface area contributed by atoms with Crippen molar-refractivity contribution >= 4 is 5.82 Å².